The fourth-order valence-electron chi connectivity index (χ4n) is 2.06. The van der Waals surface area contributed by atoms with Crippen molar-refractivity contribution in [2.45, 2.75) is 37.1 Å². The maximum absolute atomic E-state index is 12.7. The van der Waals surface area contributed by atoms with Gasteiger partial charge in [-0.15, -0.1) is 0 Å². The van der Waals surface area contributed by atoms with Crippen molar-refractivity contribution < 1.29 is 8.42 Å². The van der Waals surface area contributed by atoms with Crippen molar-refractivity contribution in [3.8, 4) is 6.07 Å². The minimum Gasteiger partial charge on any atom is -0.398 e. The van der Waals surface area contributed by atoms with Crippen LogP contribution in [0.4, 0.5) is 5.69 Å². The molecule has 5 nitrogen and oxygen atoms in total. The van der Waals surface area contributed by atoms with Gasteiger partial charge in [-0.1, -0.05) is 6.07 Å². The number of nitrogens with two attached hydrogens (primary N) is 1. The molecule has 1 fully saturated rings. The molecule has 0 aromatic heterocycles. The average molecular weight is 279 g/mol. The highest BCUT2D eigenvalue weighted by atomic mass is 32.2. The van der Waals surface area contributed by atoms with Crippen molar-refractivity contribution >= 4 is 15.7 Å². The van der Waals surface area contributed by atoms with E-state index in [0.717, 1.165) is 12.8 Å². The van der Waals surface area contributed by atoms with Gasteiger partial charge >= 0.3 is 0 Å². The van der Waals surface area contributed by atoms with Crippen LogP contribution in [0.2, 0.25) is 0 Å². The summed E-state index contributed by atoms with van der Waals surface area (Å²) in [6.07, 6.45) is 1.94. The van der Waals surface area contributed by atoms with Gasteiger partial charge in [-0.25, -0.2) is 8.42 Å². The van der Waals surface area contributed by atoms with Crippen molar-refractivity contribution in [1.29, 1.82) is 5.26 Å². The third kappa shape index (κ3) is 2.72. The minimum atomic E-state index is -3.56. The Bertz CT molecular complexity index is 615. The van der Waals surface area contributed by atoms with Crippen LogP contribution in [-0.2, 0) is 10.0 Å². The fourth-order valence-corrected chi connectivity index (χ4v) is 4.00. The molecule has 0 amide bonds. The third-order valence-electron chi connectivity index (χ3n) is 3.31. The molecule has 0 heterocycles. The molecule has 2 rings (SSSR count). The van der Waals surface area contributed by atoms with Gasteiger partial charge in [0.1, 0.15) is 0 Å². The van der Waals surface area contributed by atoms with Gasteiger partial charge in [0.25, 0.3) is 0 Å². The zero-order valence-electron chi connectivity index (χ0n) is 10.8. The molecule has 0 bridgehead atoms. The van der Waals surface area contributed by atoms with Crippen molar-refractivity contribution in [1.82, 2.24) is 4.31 Å². The fraction of sp³-hybridized carbons (Fsp3) is 0.462. The van der Waals surface area contributed by atoms with Crippen molar-refractivity contribution in [2.24, 2.45) is 0 Å². The van der Waals surface area contributed by atoms with Gasteiger partial charge in [-0.2, -0.15) is 9.57 Å². The van der Waals surface area contributed by atoms with E-state index in [-0.39, 0.29) is 23.9 Å². The molecular weight excluding hydrogens is 262 g/mol. The molecule has 0 atom stereocenters. The van der Waals surface area contributed by atoms with Crippen LogP contribution in [-0.4, -0.2) is 25.3 Å². The molecule has 1 aliphatic carbocycles. The molecule has 2 N–H and O–H groups in total. The topological polar surface area (TPSA) is 87.2 Å². The van der Waals surface area contributed by atoms with E-state index in [4.69, 9.17) is 11.0 Å². The molecule has 19 heavy (non-hydrogen) atoms. The van der Waals surface area contributed by atoms with E-state index in [1.165, 1.54) is 4.31 Å². The Morgan fingerprint density at radius 3 is 2.74 bits per heavy atom. The highest BCUT2D eigenvalue weighted by molar-refractivity contribution is 7.89. The number of anilines is 1. The first-order chi connectivity index (χ1) is 8.98. The van der Waals surface area contributed by atoms with Gasteiger partial charge in [0.2, 0.25) is 10.0 Å². The lowest BCUT2D eigenvalue weighted by Gasteiger charge is -2.22. The number of hydrogen-bond acceptors (Lipinski definition) is 4. The number of nitriles is 1. The average Bonchev–Trinajstić information content (AvgIpc) is 3.17. The predicted molar refractivity (Wildman–Crippen MR) is 72.7 cm³/mol. The predicted octanol–water partition coefficient (Wildman–Crippen LogP) is 1.64. The van der Waals surface area contributed by atoms with Crippen molar-refractivity contribution in [3.05, 3.63) is 23.8 Å². The van der Waals surface area contributed by atoms with Crippen LogP contribution >= 0.6 is 0 Å². The molecule has 0 unspecified atom stereocenters. The first-order valence-electron chi connectivity index (χ1n) is 6.22. The van der Waals surface area contributed by atoms with E-state index in [2.05, 4.69) is 0 Å². The summed E-state index contributed by atoms with van der Waals surface area (Å²) < 4.78 is 26.7. The standard InChI is InChI=1S/C13H17N3O2S/c1-10-12(15)4-2-5-13(10)19(17,18)16(9-3-8-14)11-6-7-11/h2,4-5,11H,3,6-7,9,15H2,1H3. The SMILES string of the molecule is Cc1c(N)cccc1S(=O)(=O)N(CCC#N)C1CC1. The van der Waals surface area contributed by atoms with E-state index in [1.807, 2.05) is 6.07 Å². The zero-order chi connectivity index (χ0) is 14.0. The highest BCUT2D eigenvalue weighted by Gasteiger charge is 2.38. The number of rotatable bonds is 5. The number of hydrogen-bond donors (Lipinski definition) is 1. The van der Waals surface area contributed by atoms with Crippen LogP contribution < -0.4 is 5.73 Å². The Morgan fingerprint density at radius 1 is 1.47 bits per heavy atom. The Hall–Kier alpha value is -1.58. The maximum atomic E-state index is 12.7. The molecule has 0 aliphatic heterocycles. The summed E-state index contributed by atoms with van der Waals surface area (Å²) in [5.41, 5.74) is 6.82. The summed E-state index contributed by atoms with van der Waals surface area (Å²) in [5.74, 6) is 0. The lowest BCUT2D eigenvalue weighted by Crippen LogP contribution is -2.34. The van der Waals surface area contributed by atoms with E-state index in [9.17, 15) is 8.42 Å². The van der Waals surface area contributed by atoms with Gasteiger partial charge in [0.15, 0.2) is 0 Å². The number of benzene rings is 1. The molecule has 1 saturated carbocycles. The quantitative estimate of drug-likeness (QED) is 0.830. The van der Waals surface area contributed by atoms with Gasteiger partial charge in [0.05, 0.1) is 11.0 Å². The summed E-state index contributed by atoms with van der Waals surface area (Å²) in [4.78, 5) is 0.248. The Balaban J connectivity index is 2.39. The molecular formula is C13H17N3O2S. The molecule has 0 spiro atoms. The second kappa shape index (κ2) is 5.19. The van der Waals surface area contributed by atoms with E-state index in [0.29, 0.717) is 11.3 Å². The Kier molecular flexibility index (Phi) is 3.78. The van der Waals surface area contributed by atoms with Crippen LogP contribution in [0.15, 0.2) is 23.1 Å². The van der Waals surface area contributed by atoms with E-state index >= 15 is 0 Å². The lowest BCUT2D eigenvalue weighted by molar-refractivity contribution is 0.410. The lowest BCUT2D eigenvalue weighted by atomic mass is 10.2. The monoisotopic (exact) mass is 279 g/mol. The van der Waals surface area contributed by atoms with Crippen LogP contribution in [0, 0.1) is 18.3 Å². The van der Waals surface area contributed by atoms with Crippen LogP contribution in [0.1, 0.15) is 24.8 Å². The summed E-state index contributed by atoms with van der Waals surface area (Å²) in [5, 5.41) is 8.66. The van der Waals surface area contributed by atoms with Crippen LogP contribution in [0.25, 0.3) is 0 Å². The maximum Gasteiger partial charge on any atom is 0.243 e. The largest absolute Gasteiger partial charge is 0.398 e. The first-order valence-corrected chi connectivity index (χ1v) is 7.66. The molecule has 0 saturated heterocycles. The van der Waals surface area contributed by atoms with Crippen LogP contribution in [0.3, 0.4) is 0 Å². The van der Waals surface area contributed by atoms with Gasteiger partial charge in [0, 0.05) is 24.7 Å². The zero-order valence-corrected chi connectivity index (χ0v) is 11.7. The summed E-state index contributed by atoms with van der Waals surface area (Å²) in [6.45, 7) is 1.95. The third-order valence-corrected chi connectivity index (χ3v) is 5.41. The molecule has 102 valence electrons. The minimum absolute atomic E-state index is 0.0409. The normalized spacial score (nSPS) is 15.4. The van der Waals surface area contributed by atoms with Gasteiger partial charge in [-0.05, 0) is 37.5 Å². The van der Waals surface area contributed by atoms with E-state index < -0.39 is 10.0 Å². The summed E-state index contributed by atoms with van der Waals surface area (Å²) in [6, 6.07) is 6.94. The van der Waals surface area contributed by atoms with E-state index in [1.54, 1.807) is 25.1 Å². The van der Waals surface area contributed by atoms with Gasteiger partial charge < -0.3 is 5.73 Å². The second-order valence-electron chi connectivity index (χ2n) is 4.73. The Labute approximate surface area is 113 Å². The molecule has 1 aliphatic rings. The molecule has 0 radical (unpaired) electrons. The molecule has 1 aromatic carbocycles. The van der Waals surface area contributed by atoms with Crippen LogP contribution in [0.5, 0.6) is 0 Å². The van der Waals surface area contributed by atoms with Crippen molar-refractivity contribution in [3.63, 3.8) is 0 Å². The second-order valence-corrected chi connectivity index (χ2v) is 6.58. The first kappa shape index (κ1) is 13.8. The van der Waals surface area contributed by atoms with Gasteiger partial charge in [-0.3, -0.25) is 0 Å². The summed E-state index contributed by atoms with van der Waals surface area (Å²) in [7, 11) is -3.56. The smallest absolute Gasteiger partial charge is 0.243 e. The summed E-state index contributed by atoms with van der Waals surface area (Å²) >= 11 is 0. The highest BCUT2D eigenvalue weighted by Crippen LogP contribution is 2.33. The Morgan fingerprint density at radius 2 is 2.16 bits per heavy atom. The number of nitrogens with zero attached hydrogens (tertiary/aromatic N) is 2. The number of nitrogen functional groups attached to an aromatic ring is 1. The number of sulfonamides is 1. The molecule has 1 aromatic rings. The molecule has 6 heteroatoms. The van der Waals surface area contributed by atoms with Crippen molar-refractivity contribution in [2.75, 3.05) is 12.3 Å².